The maximum Gasteiger partial charge on any atom is 0.130 e. The molecular formula is C20H22BrN3O2. The fourth-order valence-corrected chi connectivity index (χ4v) is 4.21. The van der Waals surface area contributed by atoms with Gasteiger partial charge in [0.25, 0.3) is 0 Å². The summed E-state index contributed by atoms with van der Waals surface area (Å²) >= 11 is 3.62. The van der Waals surface area contributed by atoms with Gasteiger partial charge < -0.3 is 14.4 Å². The summed E-state index contributed by atoms with van der Waals surface area (Å²) in [7, 11) is 3.43. The van der Waals surface area contributed by atoms with Crippen LogP contribution in [0.25, 0.3) is 0 Å². The van der Waals surface area contributed by atoms with Crippen molar-refractivity contribution in [2.75, 3.05) is 34.0 Å². The lowest BCUT2D eigenvalue weighted by molar-refractivity contribution is 0.0840. The summed E-state index contributed by atoms with van der Waals surface area (Å²) in [6.07, 6.45) is 0.134. The van der Waals surface area contributed by atoms with Gasteiger partial charge in [-0.1, -0.05) is 40.2 Å². The molecule has 0 bridgehead atoms. The first-order chi connectivity index (χ1) is 12.7. The molecule has 4 rings (SSSR count). The van der Waals surface area contributed by atoms with E-state index in [1.807, 2.05) is 18.2 Å². The van der Waals surface area contributed by atoms with E-state index in [0.717, 1.165) is 40.4 Å². The average Bonchev–Trinajstić information content (AvgIpc) is 3.07. The zero-order valence-electron chi connectivity index (χ0n) is 14.9. The van der Waals surface area contributed by atoms with Crippen molar-refractivity contribution >= 4 is 21.8 Å². The van der Waals surface area contributed by atoms with Crippen molar-refractivity contribution in [3.63, 3.8) is 0 Å². The predicted molar refractivity (Wildman–Crippen MR) is 106 cm³/mol. The van der Waals surface area contributed by atoms with Crippen molar-refractivity contribution in [1.82, 2.24) is 10.2 Å². The van der Waals surface area contributed by atoms with Gasteiger partial charge in [0.2, 0.25) is 0 Å². The van der Waals surface area contributed by atoms with Gasteiger partial charge in [0.05, 0.1) is 26.4 Å². The van der Waals surface area contributed by atoms with Crippen LogP contribution < -0.4 is 10.1 Å². The quantitative estimate of drug-likeness (QED) is 0.833. The molecule has 2 unspecified atom stereocenters. The normalized spacial score (nSPS) is 25.0. The Labute approximate surface area is 162 Å². The highest BCUT2D eigenvalue weighted by molar-refractivity contribution is 9.10. The summed E-state index contributed by atoms with van der Waals surface area (Å²) in [5.41, 5.74) is 1.83. The van der Waals surface area contributed by atoms with E-state index in [2.05, 4.69) is 56.5 Å². The smallest absolute Gasteiger partial charge is 0.130 e. The highest BCUT2D eigenvalue weighted by atomic mass is 79.9. The van der Waals surface area contributed by atoms with Gasteiger partial charge in [0, 0.05) is 18.1 Å². The Hall–Kier alpha value is -1.89. The Morgan fingerprint density at radius 3 is 2.65 bits per heavy atom. The molecule has 26 heavy (non-hydrogen) atoms. The monoisotopic (exact) mass is 415 g/mol. The number of rotatable bonds is 4. The van der Waals surface area contributed by atoms with Crippen molar-refractivity contribution in [3.05, 3.63) is 64.1 Å². The largest absolute Gasteiger partial charge is 0.497 e. The molecule has 0 spiro atoms. The second-order valence-electron chi connectivity index (χ2n) is 6.57. The maximum absolute atomic E-state index is 5.53. The Bertz CT molecular complexity index is 824. The van der Waals surface area contributed by atoms with Crippen molar-refractivity contribution in [2.45, 2.75) is 11.6 Å². The van der Waals surface area contributed by atoms with E-state index in [0.29, 0.717) is 6.54 Å². The SMILES string of the molecule is COc1ccc(C2(c3cccc(Br)c3)NCN3CC(OC)CN=C32)cc1. The topological polar surface area (TPSA) is 46.1 Å². The molecule has 2 aromatic rings. The van der Waals surface area contributed by atoms with Gasteiger partial charge in [-0.25, -0.2) is 0 Å². The molecule has 0 aliphatic carbocycles. The van der Waals surface area contributed by atoms with Crippen molar-refractivity contribution in [1.29, 1.82) is 0 Å². The lowest BCUT2D eigenvalue weighted by Crippen LogP contribution is -2.48. The van der Waals surface area contributed by atoms with E-state index in [9.17, 15) is 0 Å². The van der Waals surface area contributed by atoms with Gasteiger partial charge in [-0.3, -0.25) is 10.3 Å². The van der Waals surface area contributed by atoms with E-state index in [1.54, 1.807) is 14.2 Å². The van der Waals surface area contributed by atoms with Crippen molar-refractivity contribution < 1.29 is 9.47 Å². The van der Waals surface area contributed by atoms with E-state index in [-0.39, 0.29) is 6.10 Å². The number of fused-ring (bicyclic) bond motifs is 1. The maximum atomic E-state index is 5.53. The molecule has 5 nitrogen and oxygen atoms in total. The van der Waals surface area contributed by atoms with Crippen molar-refractivity contribution in [2.24, 2.45) is 4.99 Å². The summed E-state index contributed by atoms with van der Waals surface area (Å²) in [5, 5.41) is 3.73. The number of amidine groups is 1. The second kappa shape index (κ2) is 7.02. The molecule has 136 valence electrons. The standard InChI is InChI=1S/C20H22BrN3O2/c1-25-17-8-6-14(7-9-17)20(15-4-3-5-16(21)10-15)19-22-11-18(26-2)12-24(19)13-23-20/h3-10,18,23H,11-13H2,1-2H3. The molecule has 0 saturated carbocycles. The zero-order valence-corrected chi connectivity index (χ0v) is 16.5. The molecule has 0 aromatic heterocycles. The van der Waals surface area contributed by atoms with E-state index < -0.39 is 5.54 Å². The van der Waals surface area contributed by atoms with Gasteiger partial charge in [0.1, 0.15) is 17.1 Å². The number of hydrogen-bond donors (Lipinski definition) is 1. The van der Waals surface area contributed by atoms with Crippen LogP contribution in [0.15, 0.2) is 58.0 Å². The molecule has 2 aliphatic rings. The van der Waals surface area contributed by atoms with E-state index in [4.69, 9.17) is 14.5 Å². The molecule has 6 heteroatoms. The van der Waals surface area contributed by atoms with E-state index in [1.165, 1.54) is 0 Å². The third-order valence-electron chi connectivity index (χ3n) is 5.15. The average molecular weight is 416 g/mol. The zero-order chi connectivity index (χ0) is 18.1. The van der Waals surface area contributed by atoms with Crippen LogP contribution >= 0.6 is 15.9 Å². The van der Waals surface area contributed by atoms with Crippen LogP contribution in [0.1, 0.15) is 11.1 Å². The summed E-state index contributed by atoms with van der Waals surface area (Å²) < 4.78 is 11.9. The molecule has 2 atom stereocenters. The van der Waals surface area contributed by atoms with Gasteiger partial charge in [-0.15, -0.1) is 0 Å². The highest BCUT2D eigenvalue weighted by Gasteiger charge is 2.48. The number of nitrogens with one attached hydrogen (secondary N) is 1. The number of benzene rings is 2. The minimum atomic E-state index is -0.477. The first-order valence-electron chi connectivity index (χ1n) is 8.65. The van der Waals surface area contributed by atoms with Crippen LogP contribution in [0.2, 0.25) is 0 Å². The second-order valence-corrected chi connectivity index (χ2v) is 7.48. The van der Waals surface area contributed by atoms with E-state index >= 15 is 0 Å². The molecular weight excluding hydrogens is 394 g/mol. The summed E-state index contributed by atoms with van der Waals surface area (Å²) in [6.45, 7) is 2.25. The molecule has 0 radical (unpaired) electrons. The number of ether oxygens (including phenoxy) is 2. The van der Waals surface area contributed by atoms with Gasteiger partial charge in [-0.05, 0) is 35.4 Å². The Morgan fingerprint density at radius 1 is 1.15 bits per heavy atom. The lowest BCUT2D eigenvalue weighted by Gasteiger charge is -2.35. The minimum absolute atomic E-state index is 0.134. The molecule has 1 N–H and O–H groups in total. The first kappa shape index (κ1) is 17.5. The number of hydrogen-bond acceptors (Lipinski definition) is 5. The number of aliphatic imine (C=N–C) groups is 1. The van der Waals surface area contributed by atoms with Crippen LogP contribution in [0.5, 0.6) is 5.75 Å². The summed E-state index contributed by atoms with van der Waals surface area (Å²) in [6, 6.07) is 16.6. The third kappa shape index (κ3) is 2.82. The Kier molecular flexibility index (Phi) is 4.73. The fraction of sp³-hybridized carbons (Fsp3) is 0.350. The molecule has 1 saturated heterocycles. The summed E-state index contributed by atoms with van der Waals surface area (Å²) in [4.78, 5) is 7.21. The van der Waals surface area contributed by atoms with Crippen LogP contribution in [-0.2, 0) is 10.3 Å². The summed E-state index contributed by atoms with van der Waals surface area (Å²) in [5.74, 6) is 1.90. The van der Waals surface area contributed by atoms with Crippen LogP contribution in [0.4, 0.5) is 0 Å². The number of methoxy groups -OCH3 is 2. The Balaban J connectivity index is 1.86. The van der Waals surface area contributed by atoms with Crippen LogP contribution in [0.3, 0.4) is 0 Å². The fourth-order valence-electron chi connectivity index (χ4n) is 3.81. The number of halogens is 1. The molecule has 0 amide bonds. The number of nitrogens with zero attached hydrogens (tertiary/aromatic N) is 2. The third-order valence-corrected chi connectivity index (χ3v) is 5.65. The van der Waals surface area contributed by atoms with Crippen LogP contribution in [0, 0.1) is 0 Å². The minimum Gasteiger partial charge on any atom is -0.497 e. The molecule has 2 aliphatic heterocycles. The lowest BCUT2D eigenvalue weighted by atomic mass is 9.82. The molecule has 2 heterocycles. The Morgan fingerprint density at radius 2 is 1.96 bits per heavy atom. The van der Waals surface area contributed by atoms with Gasteiger partial charge in [0.15, 0.2) is 0 Å². The predicted octanol–water partition coefficient (Wildman–Crippen LogP) is 2.99. The van der Waals surface area contributed by atoms with Crippen LogP contribution in [-0.4, -0.2) is 50.8 Å². The van der Waals surface area contributed by atoms with Gasteiger partial charge >= 0.3 is 0 Å². The van der Waals surface area contributed by atoms with Gasteiger partial charge in [-0.2, -0.15) is 0 Å². The molecule has 2 aromatic carbocycles. The van der Waals surface area contributed by atoms with Crippen molar-refractivity contribution in [3.8, 4) is 5.75 Å². The first-order valence-corrected chi connectivity index (χ1v) is 9.45. The highest BCUT2D eigenvalue weighted by Crippen LogP contribution is 2.38. The molecule has 1 fully saturated rings.